The van der Waals surface area contributed by atoms with Gasteiger partial charge in [0.05, 0.1) is 0 Å². The van der Waals surface area contributed by atoms with Gasteiger partial charge >= 0.3 is 0 Å². The van der Waals surface area contributed by atoms with Gasteiger partial charge in [0.1, 0.15) is 11.5 Å². The Kier molecular flexibility index (Phi) is 6.11. The largest absolute Gasteiger partial charge is 0.351 e. The number of rotatable bonds is 7. The van der Waals surface area contributed by atoms with Gasteiger partial charge in [-0.05, 0) is 37.6 Å². The fourth-order valence-corrected chi connectivity index (χ4v) is 2.61. The summed E-state index contributed by atoms with van der Waals surface area (Å²) in [6.45, 7) is 4.10. The Hall–Kier alpha value is -3.54. The number of carbonyl (C=O) groups excluding carboxylic acids is 2. The van der Waals surface area contributed by atoms with Crippen LogP contribution in [-0.4, -0.2) is 28.2 Å². The van der Waals surface area contributed by atoms with Crippen molar-refractivity contribution in [1.82, 2.24) is 15.3 Å². The van der Waals surface area contributed by atoms with Crippen LogP contribution in [0.5, 0.6) is 0 Å². The molecule has 0 unspecified atom stereocenters. The molecular formula is C22H22N4O2. The summed E-state index contributed by atoms with van der Waals surface area (Å²) in [5.74, 6) is 0.741. The van der Waals surface area contributed by atoms with Gasteiger partial charge in [0.25, 0.3) is 5.91 Å². The predicted molar refractivity (Wildman–Crippen MR) is 110 cm³/mol. The maximum Gasteiger partial charge on any atom is 0.270 e. The molecule has 0 radical (unpaired) electrons. The fourth-order valence-electron chi connectivity index (χ4n) is 2.61. The molecule has 6 nitrogen and oxygen atoms in total. The summed E-state index contributed by atoms with van der Waals surface area (Å²) in [7, 11) is 0. The third-order valence-corrected chi connectivity index (χ3v) is 4.09. The molecule has 1 aromatic heterocycles. The lowest BCUT2D eigenvalue weighted by Crippen LogP contribution is -2.25. The highest BCUT2D eigenvalue weighted by molar-refractivity contribution is 5.95. The molecule has 0 aliphatic rings. The van der Waals surface area contributed by atoms with E-state index in [4.69, 9.17) is 0 Å². The normalized spacial score (nSPS) is 10.4. The van der Waals surface area contributed by atoms with Crippen molar-refractivity contribution >= 4 is 23.2 Å². The number of benzene rings is 2. The van der Waals surface area contributed by atoms with Crippen molar-refractivity contribution in [3.8, 4) is 11.4 Å². The van der Waals surface area contributed by atoms with E-state index in [9.17, 15) is 9.59 Å². The third kappa shape index (κ3) is 4.79. The summed E-state index contributed by atoms with van der Waals surface area (Å²) in [4.78, 5) is 32.9. The van der Waals surface area contributed by atoms with Crippen LogP contribution in [-0.2, 0) is 0 Å². The first-order valence-electron chi connectivity index (χ1n) is 9.17. The Morgan fingerprint density at radius 2 is 1.68 bits per heavy atom. The summed E-state index contributed by atoms with van der Waals surface area (Å²) in [5, 5.41) is 6.03. The average molecular weight is 374 g/mol. The SMILES string of the molecule is CCCNC(=O)c1cc(Nc2ccc(C(C)=O)cc2)nc(-c2ccccc2)n1. The molecule has 3 rings (SSSR count). The number of hydrogen-bond donors (Lipinski definition) is 2. The van der Waals surface area contributed by atoms with Crippen LogP contribution in [0.3, 0.4) is 0 Å². The summed E-state index contributed by atoms with van der Waals surface area (Å²) in [6, 6.07) is 18.2. The quantitative estimate of drug-likeness (QED) is 0.605. The molecule has 2 N–H and O–H groups in total. The van der Waals surface area contributed by atoms with Crippen molar-refractivity contribution in [2.24, 2.45) is 0 Å². The van der Waals surface area contributed by atoms with Gasteiger partial charge in [-0.15, -0.1) is 0 Å². The van der Waals surface area contributed by atoms with Gasteiger partial charge in [-0.3, -0.25) is 9.59 Å². The number of carbonyl (C=O) groups is 2. The molecule has 1 heterocycles. The second-order valence-electron chi connectivity index (χ2n) is 6.34. The predicted octanol–water partition coefficient (Wildman–Crippen LogP) is 4.23. The molecule has 0 saturated carbocycles. The van der Waals surface area contributed by atoms with Gasteiger partial charge in [0, 0.05) is 29.4 Å². The van der Waals surface area contributed by atoms with Crippen molar-refractivity contribution in [2.45, 2.75) is 20.3 Å². The van der Waals surface area contributed by atoms with E-state index in [1.54, 1.807) is 30.3 Å². The highest BCUT2D eigenvalue weighted by Crippen LogP contribution is 2.21. The Bertz CT molecular complexity index is 970. The zero-order valence-electron chi connectivity index (χ0n) is 15.9. The number of ketones is 1. The van der Waals surface area contributed by atoms with Crippen molar-refractivity contribution in [3.63, 3.8) is 0 Å². The lowest BCUT2D eigenvalue weighted by molar-refractivity contribution is 0.0947. The van der Waals surface area contributed by atoms with Gasteiger partial charge < -0.3 is 10.6 Å². The molecular weight excluding hydrogens is 352 g/mol. The van der Waals surface area contributed by atoms with E-state index in [-0.39, 0.29) is 11.7 Å². The molecule has 0 bridgehead atoms. The molecule has 1 amide bonds. The van der Waals surface area contributed by atoms with Crippen LogP contribution in [0, 0.1) is 0 Å². The molecule has 0 aliphatic heterocycles. The molecule has 3 aromatic rings. The summed E-state index contributed by atoms with van der Waals surface area (Å²) in [5.41, 5.74) is 2.52. The van der Waals surface area contributed by atoms with Crippen molar-refractivity contribution in [2.75, 3.05) is 11.9 Å². The number of anilines is 2. The summed E-state index contributed by atoms with van der Waals surface area (Å²) >= 11 is 0. The molecule has 0 spiro atoms. The average Bonchev–Trinajstić information content (AvgIpc) is 2.72. The first kappa shape index (κ1) is 19.2. The van der Waals surface area contributed by atoms with Gasteiger partial charge in [-0.1, -0.05) is 37.3 Å². The zero-order valence-corrected chi connectivity index (χ0v) is 15.9. The Balaban J connectivity index is 1.94. The maximum atomic E-state index is 12.4. The Morgan fingerprint density at radius 3 is 2.32 bits per heavy atom. The third-order valence-electron chi connectivity index (χ3n) is 4.09. The molecule has 142 valence electrons. The molecule has 6 heteroatoms. The molecule has 0 atom stereocenters. The van der Waals surface area contributed by atoms with Crippen LogP contribution in [0.25, 0.3) is 11.4 Å². The number of amides is 1. The monoisotopic (exact) mass is 374 g/mol. The molecule has 28 heavy (non-hydrogen) atoms. The lowest BCUT2D eigenvalue weighted by Gasteiger charge is -2.11. The van der Waals surface area contributed by atoms with Gasteiger partial charge in [0.2, 0.25) is 0 Å². The molecule has 0 saturated heterocycles. The number of nitrogens with zero attached hydrogens (tertiary/aromatic N) is 2. The topological polar surface area (TPSA) is 84.0 Å². The minimum Gasteiger partial charge on any atom is -0.351 e. The molecule has 0 aliphatic carbocycles. The number of hydrogen-bond acceptors (Lipinski definition) is 5. The van der Waals surface area contributed by atoms with E-state index in [0.29, 0.717) is 29.4 Å². The smallest absolute Gasteiger partial charge is 0.270 e. The minimum atomic E-state index is -0.239. The van der Waals surface area contributed by atoms with Crippen LogP contribution in [0.1, 0.15) is 41.1 Å². The second-order valence-corrected chi connectivity index (χ2v) is 6.34. The Labute approximate surface area is 164 Å². The van der Waals surface area contributed by atoms with E-state index in [2.05, 4.69) is 20.6 Å². The first-order valence-corrected chi connectivity index (χ1v) is 9.17. The summed E-state index contributed by atoms with van der Waals surface area (Å²) < 4.78 is 0. The van der Waals surface area contributed by atoms with Crippen molar-refractivity contribution in [3.05, 3.63) is 71.9 Å². The summed E-state index contributed by atoms with van der Waals surface area (Å²) in [6.07, 6.45) is 0.843. The highest BCUT2D eigenvalue weighted by Gasteiger charge is 2.13. The van der Waals surface area contributed by atoms with Crippen LogP contribution in [0.15, 0.2) is 60.7 Å². The second kappa shape index (κ2) is 8.90. The van der Waals surface area contributed by atoms with E-state index in [1.165, 1.54) is 6.92 Å². The van der Waals surface area contributed by atoms with Gasteiger partial charge in [-0.25, -0.2) is 9.97 Å². The number of aromatic nitrogens is 2. The van der Waals surface area contributed by atoms with Crippen LogP contribution in [0.4, 0.5) is 11.5 Å². The first-order chi connectivity index (χ1) is 13.6. The van der Waals surface area contributed by atoms with Crippen molar-refractivity contribution < 1.29 is 9.59 Å². The van der Waals surface area contributed by atoms with Crippen LogP contribution < -0.4 is 10.6 Å². The minimum absolute atomic E-state index is 0.00910. The van der Waals surface area contributed by atoms with Crippen LogP contribution >= 0.6 is 0 Å². The maximum absolute atomic E-state index is 12.4. The number of nitrogens with one attached hydrogen (secondary N) is 2. The zero-order chi connectivity index (χ0) is 19.9. The fraction of sp³-hybridized carbons (Fsp3) is 0.182. The van der Waals surface area contributed by atoms with E-state index in [1.807, 2.05) is 37.3 Å². The van der Waals surface area contributed by atoms with E-state index in [0.717, 1.165) is 17.7 Å². The standard InChI is InChI=1S/C22H22N4O2/c1-3-13-23-22(28)19-14-20(24-18-11-9-16(10-12-18)15(2)27)26-21(25-19)17-7-5-4-6-8-17/h4-12,14H,3,13H2,1-2H3,(H,23,28)(H,24,25,26). The van der Waals surface area contributed by atoms with Crippen molar-refractivity contribution in [1.29, 1.82) is 0 Å². The molecule has 0 fully saturated rings. The lowest BCUT2D eigenvalue weighted by atomic mass is 10.1. The number of Topliss-reactive ketones (excluding diaryl/α,β-unsaturated/α-hetero) is 1. The molecule has 2 aromatic carbocycles. The van der Waals surface area contributed by atoms with E-state index >= 15 is 0 Å². The highest BCUT2D eigenvalue weighted by atomic mass is 16.1. The van der Waals surface area contributed by atoms with Gasteiger partial charge in [0.15, 0.2) is 11.6 Å². The Morgan fingerprint density at radius 1 is 0.964 bits per heavy atom. The van der Waals surface area contributed by atoms with E-state index < -0.39 is 0 Å². The van der Waals surface area contributed by atoms with Crippen LogP contribution in [0.2, 0.25) is 0 Å². The van der Waals surface area contributed by atoms with Gasteiger partial charge in [-0.2, -0.15) is 0 Å².